The van der Waals surface area contributed by atoms with E-state index in [0.29, 0.717) is 28.3 Å². The smallest absolute Gasteiger partial charge is 0.267 e. The first-order valence-electron chi connectivity index (χ1n) is 6.20. The lowest BCUT2D eigenvalue weighted by Crippen LogP contribution is -2.28. The van der Waals surface area contributed by atoms with E-state index < -0.39 is 0 Å². The van der Waals surface area contributed by atoms with Crippen LogP contribution < -0.4 is 11.1 Å². The number of anilines is 2. The highest BCUT2D eigenvalue weighted by molar-refractivity contribution is 7.98. The van der Waals surface area contributed by atoms with Crippen LogP contribution in [0.1, 0.15) is 23.5 Å². The zero-order chi connectivity index (χ0) is 14.4. The van der Waals surface area contributed by atoms with Gasteiger partial charge >= 0.3 is 0 Å². The lowest BCUT2D eigenvalue weighted by molar-refractivity contribution is 0.0809. The maximum atomic E-state index is 12.2. The van der Waals surface area contributed by atoms with Crippen molar-refractivity contribution in [2.45, 2.75) is 13.8 Å². The molecule has 1 heterocycles. The molecule has 0 aromatic carbocycles. The van der Waals surface area contributed by atoms with Crippen molar-refractivity contribution in [1.82, 2.24) is 9.88 Å². The fraction of sp³-hybridized carbons (Fsp3) is 0.667. The summed E-state index contributed by atoms with van der Waals surface area (Å²) >= 11 is 3.04. The zero-order valence-electron chi connectivity index (χ0n) is 11.9. The van der Waals surface area contributed by atoms with Gasteiger partial charge in [-0.05, 0) is 12.2 Å². The first kappa shape index (κ1) is 16.1. The standard InChI is InChI=1S/C12H22N4OS2/c1-8(2)7-14-12-15-10(13)9(19-12)11(17)16(3)5-6-18-4/h8H,5-7,13H2,1-4H3,(H,14,15). The Morgan fingerprint density at radius 2 is 2.26 bits per heavy atom. The van der Waals surface area contributed by atoms with Gasteiger partial charge < -0.3 is 16.0 Å². The molecule has 7 heteroatoms. The lowest BCUT2D eigenvalue weighted by atomic mass is 10.2. The zero-order valence-corrected chi connectivity index (χ0v) is 13.5. The number of nitrogens with two attached hydrogens (primary N) is 1. The Bertz CT molecular complexity index is 420. The third kappa shape index (κ3) is 4.91. The van der Waals surface area contributed by atoms with Crippen LogP contribution in [0.25, 0.3) is 0 Å². The molecule has 0 saturated carbocycles. The van der Waals surface area contributed by atoms with Crippen LogP contribution in [0, 0.1) is 5.92 Å². The van der Waals surface area contributed by atoms with E-state index in [9.17, 15) is 4.79 Å². The van der Waals surface area contributed by atoms with Gasteiger partial charge in [-0.25, -0.2) is 4.98 Å². The van der Waals surface area contributed by atoms with Crippen LogP contribution in [0.3, 0.4) is 0 Å². The fourth-order valence-corrected chi connectivity index (χ4v) is 2.70. The summed E-state index contributed by atoms with van der Waals surface area (Å²) in [5.41, 5.74) is 5.82. The number of hydrogen-bond donors (Lipinski definition) is 2. The van der Waals surface area contributed by atoms with Crippen molar-refractivity contribution in [3.05, 3.63) is 4.88 Å². The molecule has 1 amide bonds. The Hall–Kier alpha value is -0.950. The maximum Gasteiger partial charge on any atom is 0.267 e. The second-order valence-electron chi connectivity index (χ2n) is 4.73. The van der Waals surface area contributed by atoms with E-state index in [1.54, 1.807) is 23.7 Å². The third-order valence-corrected chi connectivity index (χ3v) is 4.09. The van der Waals surface area contributed by atoms with Crippen molar-refractivity contribution in [3.63, 3.8) is 0 Å². The molecular weight excluding hydrogens is 280 g/mol. The Morgan fingerprint density at radius 1 is 1.58 bits per heavy atom. The predicted molar refractivity (Wildman–Crippen MR) is 85.2 cm³/mol. The van der Waals surface area contributed by atoms with E-state index >= 15 is 0 Å². The summed E-state index contributed by atoms with van der Waals surface area (Å²) in [7, 11) is 1.79. The molecule has 0 unspecified atom stereocenters. The van der Waals surface area contributed by atoms with Crippen molar-refractivity contribution in [2.75, 3.05) is 43.2 Å². The van der Waals surface area contributed by atoms with Gasteiger partial charge in [0.25, 0.3) is 5.91 Å². The van der Waals surface area contributed by atoms with Crippen molar-refractivity contribution >= 4 is 40.0 Å². The minimum absolute atomic E-state index is 0.0540. The topological polar surface area (TPSA) is 71.2 Å². The maximum absolute atomic E-state index is 12.2. The second kappa shape index (κ2) is 7.59. The van der Waals surface area contributed by atoms with Gasteiger partial charge in [0, 0.05) is 25.9 Å². The summed E-state index contributed by atoms with van der Waals surface area (Å²) in [5, 5.41) is 3.91. The largest absolute Gasteiger partial charge is 0.382 e. The molecule has 0 aliphatic carbocycles. The normalized spacial score (nSPS) is 10.8. The Morgan fingerprint density at radius 3 is 2.84 bits per heavy atom. The molecule has 1 aromatic heterocycles. The second-order valence-corrected chi connectivity index (χ2v) is 6.71. The molecule has 0 saturated heterocycles. The predicted octanol–water partition coefficient (Wildman–Crippen LogP) is 2.23. The number of nitrogen functional groups attached to an aromatic ring is 1. The summed E-state index contributed by atoms with van der Waals surface area (Å²) in [6.45, 7) is 5.77. The molecule has 0 bridgehead atoms. The van der Waals surface area contributed by atoms with E-state index in [1.807, 2.05) is 6.26 Å². The number of thioether (sulfide) groups is 1. The van der Waals surface area contributed by atoms with Crippen LogP contribution in [0.5, 0.6) is 0 Å². The fourth-order valence-electron chi connectivity index (χ4n) is 1.36. The molecule has 3 N–H and O–H groups in total. The van der Waals surface area contributed by atoms with Gasteiger partial charge in [-0.3, -0.25) is 4.79 Å². The number of aromatic nitrogens is 1. The van der Waals surface area contributed by atoms with Crippen molar-refractivity contribution in [2.24, 2.45) is 5.92 Å². The first-order chi connectivity index (χ1) is 8.95. The molecule has 0 radical (unpaired) electrons. The van der Waals surface area contributed by atoms with Gasteiger partial charge in [-0.15, -0.1) is 0 Å². The van der Waals surface area contributed by atoms with E-state index in [4.69, 9.17) is 5.73 Å². The minimum Gasteiger partial charge on any atom is -0.382 e. The van der Waals surface area contributed by atoms with E-state index in [-0.39, 0.29) is 5.91 Å². The van der Waals surface area contributed by atoms with E-state index in [0.717, 1.165) is 12.3 Å². The molecule has 0 atom stereocenters. The number of hydrogen-bond acceptors (Lipinski definition) is 6. The van der Waals surface area contributed by atoms with Gasteiger partial charge in [0.2, 0.25) is 0 Å². The monoisotopic (exact) mass is 302 g/mol. The molecular formula is C12H22N4OS2. The summed E-state index contributed by atoms with van der Waals surface area (Å²) in [6, 6.07) is 0. The average Bonchev–Trinajstić information content (AvgIpc) is 2.73. The number of carbonyl (C=O) groups is 1. The highest BCUT2D eigenvalue weighted by Gasteiger charge is 2.19. The number of nitrogens with one attached hydrogen (secondary N) is 1. The van der Waals surface area contributed by atoms with E-state index in [2.05, 4.69) is 24.1 Å². The summed E-state index contributed by atoms with van der Waals surface area (Å²) in [4.78, 5) is 18.6. The number of nitrogens with zero attached hydrogens (tertiary/aromatic N) is 2. The van der Waals surface area contributed by atoms with Gasteiger partial charge in [0.1, 0.15) is 10.7 Å². The Kier molecular flexibility index (Phi) is 6.44. The van der Waals surface area contributed by atoms with Crippen LogP contribution >= 0.6 is 23.1 Å². The number of thiazole rings is 1. The molecule has 0 spiro atoms. The molecule has 1 rings (SSSR count). The molecule has 0 fully saturated rings. The molecule has 0 aliphatic heterocycles. The highest BCUT2D eigenvalue weighted by atomic mass is 32.2. The first-order valence-corrected chi connectivity index (χ1v) is 8.41. The number of amides is 1. The van der Waals surface area contributed by atoms with Gasteiger partial charge in [0.05, 0.1) is 0 Å². The van der Waals surface area contributed by atoms with Crippen molar-refractivity contribution < 1.29 is 4.79 Å². The van der Waals surface area contributed by atoms with E-state index in [1.165, 1.54) is 11.3 Å². The average molecular weight is 302 g/mol. The number of rotatable bonds is 7. The summed E-state index contributed by atoms with van der Waals surface area (Å²) in [6.07, 6.45) is 2.02. The highest BCUT2D eigenvalue weighted by Crippen LogP contribution is 2.26. The molecule has 19 heavy (non-hydrogen) atoms. The quantitative estimate of drug-likeness (QED) is 0.808. The lowest BCUT2D eigenvalue weighted by Gasteiger charge is -2.15. The number of carbonyl (C=O) groups excluding carboxylic acids is 1. The molecule has 0 aliphatic rings. The SMILES string of the molecule is CSCCN(C)C(=O)c1sc(NCC(C)C)nc1N. The third-order valence-electron chi connectivity index (χ3n) is 2.49. The minimum atomic E-state index is -0.0540. The van der Waals surface area contributed by atoms with Crippen LogP contribution in [-0.2, 0) is 0 Å². The van der Waals surface area contributed by atoms with Crippen LogP contribution in [-0.4, -0.2) is 47.9 Å². The molecule has 108 valence electrons. The van der Waals surface area contributed by atoms with Crippen LogP contribution in [0.15, 0.2) is 0 Å². The van der Waals surface area contributed by atoms with Gasteiger partial charge in [-0.1, -0.05) is 25.2 Å². The van der Waals surface area contributed by atoms with Crippen LogP contribution in [0.4, 0.5) is 10.9 Å². The van der Waals surface area contributed by atoms with Crippen LogP contribution in [0.2, 0.25) is 0 Å². The molecule has 1 aromatic rings. The molecule has 5 nitrogen and oxygen atoms in total. The van der Waals surface area contributed by atoms with Gasteiger partial charge in [-0.2, -0.15) is 11.8 Å². The van der Waals surface area contributed by atoms with Crippen molar-refractivity contribution in [1.29, 1.82) is 0 Å². The van der Waals surface area contributed by atoms with Crippen molar-refractivity contribution in [3.8, 4) is 0 Å². The Labute approximate surface area is 123 Å². The Balaban J connectivity index is 2.69. The van der Waals surface area contributed by atoms with Gasteiger partial charge in [0.15, 0.2) is 5.13 Å². The summed E-state index contributed by atoms with van der Waals surface area (Å²) in [5.74, 6) is 1.70. The summed E-state index contributed by atoms with van der Waals surface area (Å²) < 4.78 is 0.